The fourth-order valence-corrected chi connectivity index (χ4v) is 4.34. The molecule has 0 unspecified atom stereocenters. The van der Waals surface area contributed by atoms with Gasteiger partial charge in [-0.3, -0.25) is 14.5 Å². The minimum atomic E-state index is -0.491. The van der Waals surface area contributed by atoms with Crippen LogP contribution in [0.15, 0.2) is 54.6 Å². The number of amides is 2. The van der Waals surface area contributed by atoms with E-state index in [0.29, 0.717) is 30.3 Å². The second kappa shape index (κ2) is 9.54. The Kier molecular flexibility index (Phi) is 6.58. The molecule has 0 bridgehead atoms. The standard InChI is InChI=1S/C24H26ClN5O2/c1-16-22(17(2)30(28-16)18-8-4-3-5-9-18)23-24(32)26-13-15-29(23)14-12-21(31)27-20-11-7-6-10-19(20)25/h3-11,23H,12-15H2,1-2H3,(H,26,32)(H,27,31)/t23-/m1/s1. The Morgan fingerprint density at radius 2 is 1.88 bits per heavy atom. The topological polar surface area (TPSA) is 79.3 Å². The highest BCUT2D eigenvalue weighted by Crippen LogP contribution is 2.30. The van der Waals surface area contributed by atoms with E-state index in [2.05, 4.69) is 15.5 Å². The third-order valence-corrected chi connectivity index (χ3v) is 6.04. The lowest BCUT2D eigenvalue weighted by atomic mass is 10.00. The lowest BCUT2D eigenvalue weighted by molar-refractivity contribution is -0.130. The van der Waals surface area contributed by atoms with Crippen LogP contribution >= 0.6 is 11.6 Å². The van der Waals surface area contributed by atoms with E-state index < -0.39 is 6.04 Å². The van der Waals surface area contributed by atoms with Crippen molar-refractivity contribution in [1.29, 1.82) is 0 Å². The number of anilines is 1. The fraction of sp³-hybridized carbons (Fsp3) is 0.292. The van der Waals surface area contributed by atoms with Crippen LogP contribution < -0.4 is 10.6 Å². The number of aromatic nitrogens is 2. The Balaban J connectivity index is 1.54. The first-order valence-electron chi connectivity index (χ1n) is 10.6. The second-order valence-corrected chi connectivity index (χ2v) is 8.25. The zero-order valence-electron chi connectivity index (χ0n) is 18.1. The molecule has 166 valence electrons. The van der Waals surface area contributed by atoms with Crippen LogP contribution in [0.25, 0.3) is 5.69 Å². The molecule has 1 aliphatic rings. The van der Waals surface area contributed by atoms with E-state index in [1.807, 2.05) is 61.0 Å². The number of carbonyl (C=O) groups excluding carboxylic acids is 2. The Labute approximate surface area is 192 Å². The van der Waals surface area contributed by atoms with Crippen molar-refractivity contribution in [3.05, 3.63) is 76.6 Å². The molecule has 1 atom stereocenters. The largest absolute Gasteiger partial charge is 0.353 e. The number of benzene rings is 2. The van der Waals surface area contributed by atoms with Gasteiger partial charge in [-0.1, -0.05) is 41.9 Å². The number of nitrogens with one attached hydrogen (secondary N) is 2. The smallest absolute Gasteiger partial charge is 0.242 e. The number of para-hydroxylation sites is 2. The average Bonchev–Trinajstić information content (AvgIpc) is 3.08. The van der Waals surface area contributed by atoms with Crippen molar-refractivity contribution >= 4 is 29.1 Å². The molecule has 1 aromatic heterocycles. The van der Waals surface area contributed by atoms with Crippen molar-refractivity contribution in [2.45, 2.75) is 26.3 Å². The predicted octanol–water partition coefficient (Wildman–Crippen LogP) is 3.64. The molecule has 2 aromatic carbocycles. The summed E-state index contributed by atoms with van der Waals surface area (Å²) in [6.45, 7) is 5.56. The van der Waals surface area contributed by atoms with Crippen molar-refractivity contribution in [2.75, 3.05) is 25.0 Å². The quantitative estimate of drug-likeness (QED) is 0.599. The van der Waals surface area contributed by atoms with Gasteiger partial charge in [0.2, 0.25) is 11.8 Å². The van der Waals surface area contributed by atoms with Crippen LogP contribution in [0.1, 0.15) is 29.4 Å². The summed E-state index contributed by atoms with van der Waals surface area (Å²) in [7, 11) is 0. The van der Waals surface area contributed by atoms with Crippen molar-refractivity contribution in [1.82, 2.24) is 20.0 Å². The summed E-state index contributed by atoms with van der Waals surface area (Å²) in [5.41, 5.74) is 4.14. The van der Waals surface area contributed by atoms with Crippen LogP contribution in [0.4, 0.5) is 5.69 Å². The Bertz CT molecular complexity index is 1130. The lowest BCUT2D eigenvalue weighted by Gasteiger charge is -2.35. The summed E-state index contributed by atoms with van der Waals surface area (Å²) < 4.78 is 1.87. The van der Waals surface area contributed by atoms with Gasteiger partial charge in [0.15, 0.2) is 0 Å². The minimum Gasteiger partial charge on any atom is -0.353 e. The van der Waals surface area contributed by atoms with Crippen LogP contribution in [0, 0.1) is 13.8 Å². The van der Waals surface area contributed by atoms with Gasteiger partial charge in [-0.05, 0) is 38.1 Å². The molecule has 0 spiro atoms. The summed E-state index contributed by atoms with van der Waals surface area (Å²) >= 11 is 6.14. The molecule has 2 heterocycles. The first-order valence-corrected chi connectivity index (χ1v) is 11.0. The van der Waals surface area contributed by atoms with E-state index in [1.165, 1.54) is 0 Å². The molecular weight excluding hydrogens is 426 g/mol. The third-order valence-electron chi connectivity index (χ3n) is 5.71. The SMILES string of the molecule is Cc1nn(-c2ccccc2)c(C)c1[C@@H]1C(=O)NCCN1CCC(=O)Nc1ccccc1Cl. The molecule has 1 saturated heterocycles. The van der Waals surface area contributed by atoms with Crippen LogP contribution in [0.5, 0.6) is 0 Å². The summed E-state index contributed by atoms with van der Waals surface area (Å²) in [6.07, 6.45) is 0.250. The normalized spacial score (nSPS) is 16.6. The molecule has 8 heteroatoms. The van der Waals surface area contributed by atoms with E-state index in [1.54, 1.807) is 12.1 Å². The molecular formula is C24H26ClN5O2. The van der Waals surface area contributed by atoms with Gasteiger partial charge in [0.25, 0.3) is 0 Å². The first kappa shape index (κ1) is 22.0. The second-order valence-electron chi connectivity index (χ2n) is 7.84. The predicted molar refractivity (Wildman–Crippen MR) is 125 cm³/mol. The third kappa shape index (κ3) is 4.54. The van der Waals surface area contributed by atoms with E-state index >= 15 is 0 Å². The monoisotopic (exact) mass is 451 g/mol. The first-order chi connectivity index (χ1) is 15.5. The summed E-state index contributed by atoms with van der Waals surface area (Å²) in [6, 6.07) is 16.5. The molecule has 3 aromatic rings. The van der Waals surface area contributed by atoms with Gasteiger partial charge in [-0.15, -0.1) is 0 Å². The molecule has 7 nitrogen and oxygen atoms in total. The van der Waals surface area contributed by atoms with Crippen LogP contribution in [0.3, 0.4) is 0 Å². The summed E-state index contributed by atoms with van der Waals surface area (Å²) in [5.74, 6) is -0.210. The number of hydrogen-bond acceptors (Lipinski definition) is 4. The Hall–Kier alpha value is -3.16. The van der Waals surface area contributed by atoms with E-state index in [0.717, 1.165) is 22.6 Å². The van der Waals surface area contributed by atoms with Gasteiger partial charge >= 0.3 is 0 Å². The number of hydrogen-bond donors (Lipinski definition) is 2. The van der Waals surface area contributed by atoms with Gasteiger partial charge in [-0.25, -0.2) is 4.68 Å². The van der Waals surface area contributed by atoms with Gasteiger partial charge in [0, 0.05) is 37.3 Å². The Morgan fingerprint density at radius 3 is 2.62 bits per heavy atom. The van der Waals surface area contributed by atoms with Gasteiger partial charge < -0.3 is 10.6 Å². The van der Waals surface area contributed by atoms with Crippen LogP contribution in [-0.4, -0.2) is 46.1 Å². The zero-order valence-corrected chi connectivity index (χ0v) is 18.9. The fourth-order valence-electron chi connectivity index (χ4n) is 4.16. The van der Waals surface area contributed by atoms with E-state index in [4.69, 9.17) is 16.7 Å². The van der Waals surface area contributed by atoms with E-state index in [9.17, 15) is 9.59 Å². The van der Waals surface area contributed by atoms with Crippen molar-refractivity contribution in [3.63, 3.8) is 0 Å². The molecule has 2 N–H and O–H groups in total. The van der Waals surface area contributed by atoms with E-state index in [-0.39, 0.29) is 18.2 Å². The van der Waals surface area contributed by atoms with Crippen molar-refractivity contribution < 1.29 is 9.59 Å². The Morgan fingerprint density at radius 1 is 1.16 bits per heavy atom. The van der Waals surface area contributed by atoms with Crippen LogP contribution in [0.2, 0.25) is 5.02 Å². The molecule has 0 aliphatic carbocycles. The maximum atomic E-state index is 12.9. The van der Waals surface area contributed by atoms with Crippen LogP contribution in [-0.2, 0) is 9.59 Å². The highest BCUT2D eigenvalue weighted by molar-refractivity contribution is 6.33. The number of carbonyl (C=O) groups is 2. The summed E-state index contributed by atoms with van der Waals surface area (Å²) in [5, 5.41) is 11.0. The summed E-state index contributed by atoms with van der Waals surface area (Å²) in [4.78, 5) is 27.5. The molecule has 0 radical (unpaired) electrons. The van der Waals surface area contributed by atoms with Crippen molar-refractivity contribution in [3.8, 4) is 5.69 Å². The molecule has 2 amide bonds. The maximum absolute atomic E-state index is 12.9. The van der Waals surface area contributed by atoms with Gasteiger partial charge in [0.05, 0.1) is 22.1 Å². The lowest BCUT2D eigenvalue weighted by Crippen LogP contribution is -2.50. The molecule has 4 rings (SSSR count). The zero-order chi connectivity index (χ0) is 22.7. The molecule has 32 heavy (non-hydrogen) atoms. The average molecular weight is 452 g/mol. The minimum absolute atomic E-state index is 0.0680. The van der Waals surface area contributed by atoms with Gasteiger partial charge in [-0.2, -0.15) is 5.10 Å². The molecule has 0 saturated carbocycles. The number of nitrogens with zero attached hydrogens (tertiary/aromatic N) is 3. The molecule has 1 aliphatic heterocycles. The highest BCUT2D eigenvalue weighted by atomic mass is 35.5. The number of rotatable bonds is 6. The number of piperazine rings is 1. The van der Waals surface area contributed by atoms with Gasteiger partial charge in [0.1, 0.15) is 6.04 Å². The van der Waals surface area contributed by atoms with Crippen molar-refractivity contribution in [2.24, 2.45) is 0 Å². The number of aryl methyl sites for hydroxylation is 1. The number of halogens is 1. The maximum Gasteiger partial charge on any atom is 0.242 e. The molecule has 1 fully saturated rings. The highest BCUT2D eigenvalue weighted by Gasteiger charge is 2.35.